The number of benzene rings is 3. The van der Waals surface area contributed by atoms with Crippen molar-refractivity contribution in [3.8, 4) is 5.75 Å². The van der Waals surface area contributed by atoms with Crippen LogP contribution in [0.2, 0.25) is 0 Å². The highest BCUT2D eigenvalue weighted by Crippen LogP contribution is 2.25. The number of nitrogens with one attached hydrogen (secondary N) is 2. The number of carbonyl (C=O) groups excluding carboxylic acids is 2. The van der Waals surface area contributed by atoms with Gasteiger partial charge in [-0.15, -0.1) is 0 Å². The Labute approximate surface area is 178 Å². The van der Waals surface area contributed by atoms with E-state index in [1.807, 2.05) is 55.5 Å². The molecule has 0 saturated heterocycles. The molecule has 3 aromatic carbocycles. The maximum atomic E-state index is 12.2. The molecule has 0 atom stereocenters. The molecule has 3 rings (SSSR count). The number of anilines is 2. The minimum absolute atomic E-state index is 0.118. The summed E-state index contributed by atoms with van der Waals surface area (Å²) >= 11 is 3.42. The Morgan fingerprint density at radius 3 is 2.24 bits per heavy atom. The number of carbonyl (C=O) groups is 2. The van der Waals surface area contributed by atoms with E-state index in [9.17, 15) is 9.59 Å². The van der Waals surface area contributed by atoms with Crippen molar-refractivity contribution in [1.29, 1.82) is 0 Å². The molecule has 0 spiro atoms. The van der Waals surface area contributed by atoms with Crippen molar-refractivity contribution in [1.82, 2.24) is 0 Å². The van der Waals surface area contributed by atoms with Gasteiger partial charge in [-0.05, 0) is 64.3 Å². The van der Waals surface area contributed by atoms with Crippen molar-refractivity contribution in [3.05, 3.63) is 88.4 Å². The first-order valence-corrected chi connectivity index (χ1v) is 9.91. The highest BCUT2D eigenvalue weighted by atomic mass is 79.9. The van der Waals surface area contributed by atoms with E-state index in [4.69, 9.17) is 4.74 Å². The Bertz CT molecular complexity index is 1010. The minimum atomic E-state index is -0.287. The standard InChI is InChI=1S/C23H21BrN2O3/c1-16-10-11-21(20(24)12-16)29-15-23(28)26-19-9-5-8-18(14-19)25-22(27)13-17-6-3-2-4-7-17/h2-12,14H,13,15H2,1H3,(H,25,27)(H,26,28). The van der Waals surface area contributed by atoms with Crippen LogP contribution in [0.15, 0.2) is 77.3 Å². The quantitative estimate of drug-likeness (QED) is 0.532. The van der Waals surface area contributed by atoms with Gasteiger partial charge in [0.05, 0.1) is 10.9 Å². The van der Waals surface area contributed by atoms with Crippen LogP contribution in [0.25, 0.3) is 0 Å². The Kier molecular flexibility index (Phi) is 7.03. The minimum Gasteiger partial charge on any atom is -0.483 e. The molecule has 0 unspecified atom stereocenters. The van der Waals surface area contributed by atoms with Gasteiger partial charge in [0.15, 0.2) is 6.61 Å². The summed E-state index contributed by atoms with van der Waals surface area (Å²) in [4.78, 5) is 24.4. The molecule has 29 heavy (non-hydrogen) atoms. The zero-order chi connectivity index (χ0) is 20.6. The topological polar surface area (TPSA) is 67.4 Å². The first-order chi connectivity index (χ1) is 14.0. The monoisotopic (exact) mass is 452 g/mol. The summed E-state index contributed by atoms with van der Waals surface area (Å²) in [5.41, 5.74) is 3.23. The maximum Gasteiger partial charge on any atom is 0.262 e. The van der Waals surface area contributed by atoms with Gasteiger partial charge in [-0.2, -0.15) is 0 Å². The van der Waals surface area contributed by atoms with Crippen LogP contribution < -0.4 is 15.4 Å². The SMILES string of the molecule is Cc1ccc(OCC(=O)Nc2cccc(NC(=O)Cc3ccccc3)c2)c(Br)c1. The van der Waals surface area contributed by atoms with Gasteiger partial charge in [0, 0.05) is 11.4 Å². The summed E-state index contributed by atoms with van der Waals surface area (Å²) in [5, 5.41) is 5.62. The lowest BCUT2D eigenvalue weighted by Crippen LogP contribution is -2.20. The lowest BCUT2D eigenvalue weighted by Gasteiger charge is -2.11. The summed E-state index contributed by atoms with van der Waals surface area (Å²) in [6.45, 7) is 1.86. The largest absolute Gasteiger partial charge is 0.483 e. The molecule has 3 aromatic rings. The second kappa shape index (κ2) is 9.89. The van der Waals surface area contributed by atoms with Crippen molar-refractivity contribution < 1.29 is 14.3 Å². The lowest BCUT2D eigenvalue weighted by atomic mass is 10.1. The van der Waals surface area contributed by atoms with E-state index in [1.54, 1.807) is 24.3 Å². The molecule has 0 aliphatic heterocycles. The summed E-state index contributed by atoms with van der Waals surface area (Å²) in [5.74, 6) is 0.199. The zero-order valence-electron chi connectivity index (χ0n) is 15.9. The van der Waals surface area contributed by atoms with Crippen molar-refractivity contribution in [2.45, 2.75) is 13.3 Å². The number of ether oxygens (including phenoxy) is 1. The van der Waals surface area contributed by atoms with Gasteiger partial charge < -0.3 is 15.4 Å². The summed E-state index contributed by atoms with van der Waals surface area (Å²) in [6, 6.07) is 22.2. The Balaban J connectivity index is 1.53. The van der Waals surface area contributed by atoms with Crippen LogP contribution in [0, 0.1) is 6.92 Å². The molecule has 0 radical (unpaired) electrons. The second-order valence-electron chi connectivity index (χ2n) is 6.56. The molecule has 0 aromatic heterocycles. The molecule has 0 bridgehead atoms. The van der Waals surface area contributed by atoms with Crippen LogP contribution in [0.4, 0.5) is 11.4 Å². The molecule has 2 amide bonds. The Morgan fingerprint density at radius 2 is 1.55 bits per heavy atom. The van der Waals surface area contributed by atoms with Gasteiger partial charge >= 0.3 is 0 Å². The van der Waals surface area contributed by atoms with Crippen molar-refractivity contribution >= 4 is 39.1 Å². The third-order valence-corrected chi connectivity index (χ3v) is 4.70. The Morgan fingerprint density at radius 1 is 0.862 bits per heavy atom. The molecule has 0 heterocycles. The van der Waals surface area contributed by atoms with Gasteiger partial charge in [-0.1, -0.05) is 42.5 Å². The number of rotatable bonds is 7. The maximum absolute atomic E-state index is 12.2. The first-order valence-electron chi connectivity index (χ1n) is 9.12. The average molecular weight is 453 g/mol. The van der Waals surface area contributed by atoms with E-state index in [2.05, 4.69) is 26.6 Å². The van der Waals surface area contributed by atoms with Crippen LogP contribution in [-0.2, 0) is 16.0 Å². The van der Waals surface area contributed by atoms with Crippen LogP contribution in [0.3, 0.4) is 0 Å². The van der Waals surface area contributed by atoms with E-state index in [-0.39, 0.29) is 24.8 Å². The lowest BCUT2D eigenvalue weighted by molar-refractivity contribution is -0.118. The smallest absolute Gasteiger partial charge is 0.262 e. The van der Waals surface area contributed by atoms with E-state index in [1.165, 1.54) is 0 Å². The summed E-state index contributed by atoms with van der Waals surface area (Å²) < 4.78 is 6.36. The molecular weight excluding hydrogens is 432 g/mol. The molecular formula is C23H21BrN2O3. The van der Waals surface area contributed by atoms with E-state index in [0.29, 0.717) is 17.1 Å². The highest BCUT2D eigenvalue weighted by molar-refractivity contribution is 9.10. The van der Waals surface area contributed by atoms with Crippen molar-refractivity contribution in [2.24, 2.45) is 0 Å². The number of aryl methyl sites for hydroxylation is 1. The van der Waals surface area contributed by atoms with Gasteiger partial charge in [-0.25, -0.2) is 0 Å². The van der Waals surface area contributed by atoms with Crippen LogP contribution >= 0.6 is 15.9 Å². The third kappa shape index (κ3) is 6.47. The van der Waals surface area contributed by atoms with E-state index >= 15 is 0 Å². The van der Waals surface area contributed by atoms with Crippen LogP contribution in [-0.4, -0.2) is 18.4 Å². The molecule has 5 nitrogen and oxygen atoms in total. The fourth-order valence-corrected chi connectivity index (χ4v) is 3.33. The number of amides is 2. The van der Waals surface area contributed by atoms with Gasteiger partial charge in [0.1, 0.15) is 5.75 Å². The normalized spacial score (nSPS) is 10.3. The highest BCUT2D eigenvalue weighted by Gasteiger charge is 2.08. The molecule has 0 aliphatic carbocycles. The Hall–Kier alpha value is -3.12. The predicted octanol–water partition coefficient (Wildman–Crippen LogP) is 4.96. The van der Waals surface area contributed by atoms with Crippen LogP contribution in [0.1, 0.15) is 11.1 Å². The zero-order valence-corrected chi connectivity index (χ0v) is 17.5. The molecule has 0 fully saturated rings. The van der Waals surface area contributed by atoms with Gasteiger partial charge in [0.25, 0.3) is 5.91 Å². The van der Waals surface area contributed by atoms with Gasteiger partial charge in [0.2, 0.25) is 5.91 Å². The predicted molar refractivity (Wildman–Crippen MR) is 118 cm³/mol. The van der Waals surface area contributed by atoms with Crippen molar-refractivity contribution in [2.75, 3.05) is 17.2 Å². The molecule has 2 N–H and O–H groups in total. The van der Waals surface area contributed by atoms with E-state index in [0.717, 1.165) is 15.6 Å². The number of hydrogen-bond donors (Lipinski definition) is 2. The first kappa shape index (κ1) is 20.6. The number of halogens is 1. The second-order valence-corrected chi connectivity index (χ2v) is 7.42. The average Bonchev–Trinajstić information content (AvgIpc) is 2.68. The molecule has 148 valence electrons. The fourth-order valence-electron chi connectivity index (χ4n) is 2.72. The molecule has 6 heteroatoms. The van der Waals surface area contributed by atoms with Crippen LogP contribution in [0.5, 0.6) is 5.75 Å². The van der Waals surface area contributed by atoms with E-state index < -0.39 is 0 Å². The summed E-state index contributed by atoms with van der Waals surface area (Å²) in [6.07, 6.45) is 0.288. The molecule has 0 saturated carbocycles. The third-order valence-electron chi connectivity index (χ3n) is 4.08. The van der Waals surface area contributed by atoms with Gasteiger partial charge in [-0.3, -0.25) is 9.59 Å². The summed E-state index contributed by atoms with van der Waals surface area (Å²) in [7, 11) is 0. The fraction of sp³-hybridized carbons (Fsp3) is 0.130. The number of hydrogen-bond acceptors (Lipinski definition) is 3. The van der Waals surface area contributed by atoms with Crippen molar-refractivity contribution in [3.63, 3.8) is 0 Å². The molecule has 0 aliphatic rings.